The molecule has 0 atom stereocenters. The summed E-state index contributed by atoms with van der Waals surface area (Å²) in [5.41, 5.74) is 5.09. The van der Waals surface area contributed by atoms with Crippen LogP contribution < -0.4 is 10.1 Å². The number of hydrogen-bond acceptors (Lipinski definition) is 7. The normalized spacial score (nSPS) is 11.3. The van der Waals surface area contributed by atoms with E-state index in [4.69, 9.17) is 4.74 Å². The number of aromatic nitrogens is 5. The van der Waals surface area contributed by atoms with E-state index in [1.165, 1.54) is 17.7 Å². The molecule has 0 fully saturated rings. The fraction of sp³-hybridized carbons (Fsp3) is 0.100. The average molecular weight is 406 g/mol. The van der Waals surface area contributed by atoms with Gasteiger partial charge >= 0.3 is 0 Å². The summed E-state index contributed by atoms with van der Waals surface area (Å²) in [6, 6.07) is 7.21. The maximum absolute atomic E-state index is 14.9. The fourth-order valence-electron chi connectivity index (χ4n) is 3.26. The van der Waals surface area contributed by atoms with Crippen molar-refractivity contribution < 1.29 is 9.13 Å². The van der Waals surface area contributed by atoms with E-state index in [9.17, 15) is 4.39 Å². The number of nitrogens with one attached hydrogen (secondary N) is 1. The zero-order chi connectivity index (χ0) is 20.0. The van der Waals surface area contributed by atoms with Crippen molar-refractivity contribution in [2.24, 2.45) is 7.05 Å². The Balaban J connectivity index is 1.63. The summed E-state index contributed by atoms with van der Waals surface area (Å²) in [4.78, 5) is 12.8. The van der Waals surface area contributed by atoms with E-state index >= 15 is 0 Å². The van der Waals surface area contributed by atoms with E-state index in [0.717, 1.165) is 16.5 Å². The molecule has 1 N–H and O–H groups in total. The van der Waals surface area contributed by atoms with Gasteiger partial charge in [0.25, 0.3) is 0 Å². The number of aryl methyl sites for hydroxylation is 1. The van der Waals surface area contributed by atoms with Gasteiger partial charge in [-0.05, 0) is 24.3 Å². The molecule has 0 radical (unpaired) electrons. The third kappa shape index (κ3) is 2.95. The molecule has 0 aliphatic rings. The number of fused-ring (bicyclic) bond motifs is 2. The number of halogens is 1. The third-order valence-electron chi connectivity index (χ3n) is 4.66. The molecular weight excluding hydrogens is 391 g/mol. The third-order valence-corrected chi connectivity index (χ3v) is 5.50. The van der Waals surface area contributed by atoms with Crippen LogP contribution in [0.4, 0.5) is 15.9 Å². The first-order chi connectivity index (χ1) is 14.1. The lowest BCUT2D eigenvalue weighted by molar-refractivity contribution is 0.417. The SMILES string of the molecule is COc1cc2c(Nc3ccc4ncsc4c3F)ncnc2cc1-c1cnn(C)c1. The van der Waals surface area contributed by atoms with Crippen LogP contribution in [0.3, 0.4) is 0 Å². The molecule has 144 valence electrons. The van der Waals surface area contributed by atoms with Crippen molar-refractivity contribution in [2.75, 3.05) is 12.4 Å². The topological polar surface area (TPSA) is 77.8 Å². The summed E-state index contributed by atoms with van der Waals surface area (Å²) < 4.78 is 22.7. The van der Waals surface area contributed by atoms with Crippen LogP contribution >= 0.6 is 11.3 Å². The Bertz CT molecular complexity index is 1360. The van der Waals surface area contributed by atoms with Crippen molar-refractivity contribution in [1.29, 1.82) is 0 Å². The van der Waals surface area contributed by atoms with Gasteiger partial charge in [0.05, 0.1) is 40.2 Å². The number of methoxy groups -OCH3 is 1. The fourth-order valence-corrected chi connectivity index (χ4v) is 3.98. The summed E-state index contributed by atoms with van der Waals surface area (Å²) in [5, 5.41) is 8.04. The molecule has 0 aliphatic heterocycles. The highest BCUT2D eigenvalue weighted by molar-refractivity contribution is 7.16. The summed E-state index contributed by atoms with van der Waals surface area (Å²) in [7, 11) is 3.46. The number of nitrogens with zero attached hydrogens (tertiary/aromatic N) is 5. The molecule has 7 nitrogen and oxygen atoms in total. The average Bonchev–Trinajstić information content (AvgIpc) is 3.38. The molecule has 5 rings (SSSR count). The summed E-state index contributed by atoms with van der Waals surface area (Å²) >= 11 is 1.26. The molecule has 0 bridgehead atoms. The molecule has 0 saturated heterocycles. The summed E-state index contributed by atoms with van der Waals surface area (Å²) in [6.07, 6.45) is 5.13. The van der Waals surface area contributed by atoms with Crippen LogP contribution in [0.15, 0.2) is 48.5 Å². The maximum atomic E-state index is 14.9. The molecular formula is C20H15FN6OS. The molecule has 3 aromatic heterocycles. The molecule has 2 aromatic carbocycles. The van der Waals surface area contributed by atoms with E-state index in [1.54, 1.807) is 35.6 Å². The highest BCUT2D eigenvalue weighted by Gasteiger charge is 2.15. The lowest BCUT2D eigenvalue weighted by Crippen LogP contribution is -1.99. The van der Waals surface area contributed by atoms with E-state index < -0.39 is 0 Å². The predicted octanol–water partition coefficient (Wildman–Crippen LogP) is 4.53. The smallest absolute Gasteiger partial charge is 0.166 e. The number of thiazole rings is 1. The quantitative estimate of drug-likeness (QED) is 0.472. The van der Waals surface area contributed by atoms with Gasteiger partial charge in [0.2, 0.25) is 0 Å². The molecule has 3 heterocycles. The number of benzene rings is 2. The van der Waals surface area contributed by atoms with Crippen LogP contribution in [0.1, 0.15) is 0 Å². The molecule has 0 amide bonds. The van der Waals surface area contributed by atoms with Gasteiger partial charge in [-0.1, -0.05) is 0 Å². The Morgan fingerprint density at radius 1 is 1.14 bits per heavy atom. The second-order valence-electron chi connectivity index (χ2n) is 6.45. The number of ether oxygens (including phenoxy) is 1. The van der Waals surface area contributed by atoms with E-state index in [2.05, 4.69) is 25.4 Å². The molecule has 0 spiro atoms. The minimum atomic E-state index is -0.351. The van der Waals surface area contributed by atoms with Gasteiger partial charge in [-0.3, -0.25) is 4.68 Å². The first-order valence-corrected chi connectivity index (χ1v) is 9.62. The van der Waals surface area contributed by atoms with Crippen molar-refractivity contribution >= 4 is 44.0 Å². The zero-order valence-corrected chi connectivity index (χ0v) is 16.4. The second kappa shape index (κ2) is 6.78. The lowest BCUT2D eigenvalue weighted by atomic mass is 10.1. The van der Waals surface area contributed by atoms with Gasteiger partial charge in [0, 0.05) is 29.8 Å². The summed E-state index contributed by atoms with van der Waals surface area (Å²) in [5.74, 6) is 0.797. The lowest BCUT2D eigenvalue weighted by Gasteiger charge is -2.13. The van der Waals surface area contributed by atoms with Gasteiger partial charge in [-0.25, -0.2) is 19.3 Å². The van der Waals surface area contributed by atoms with Gasteiger partial charge in [-0.2, -0.15) is 5.10 Å². The number of anilines is 2. The van der Waals surface area contributed by atoms with Crippen molar-refractivity contribution in [2.45, 2.75) is 0 Å². The van der Waals surface area contributed by atoms with Gasteiger partial charge in [0.15, 0.2) is 5.82 Å². The van der Waals surface area contributed by atoms with Crippen LogP contribution in [0.2, 0.25) is 0 Å². The second-order valence-corrected chi connectivity index (χ2v) is 7.30. The van der Waals surface area contributed by atoms with Crippen LogP contribution in [0.25, 0.3) is 32.2 Å². The Morgan fingerprint density at radius 2 is 2.03 bits per heavy atom. The Morgan fingerprint density at radius 3 is 2.83 bits per heavy atom. The first kappa shape index (κ1) is 17.5. The molecule has 0 saturated carbocycles. The van der Waals surface area contributed by atoms with E-state index in [1.807, 2.05) is 25.4 Å². The zero-order valence-electron chi connectivity index (χ0n) is 15.5. The van der Waals surface area contributed by atoms with Crippen LogP contribution in [0, 0.1) is 5.82 Å². The van der Waals surface area contributed by atoms with Gasteiger partial charge < -0.3 is 10.1 Å². The largest absolute Gasteiger partial charge is 0.496 e. The van der Waals surface area contributed by atoms with Gasteiger partial charge in [-0.15, -0.1) is 11.3 Å². The van der Waals surface area contributed by atoms with Crippen molar-refractivity contribution in [3.63, 3.8) is 0 Å². The van der Waals surface area contributed by atoms with E-state index in [0.29, 0.717) is 33.0 Å². The van der Waals surface area contributed by atoms with Crippen LogP contribution in [-0.4, -0.2) is 31.8 Å². The minimum absolute atomic E-state index is 0.331. The molecule has 0 aliphatic carbocycles. The Hall–Kier alpha value is -3.59. The molecule has 0 unspecified atom stereocenters. The number of rotatable bonds is 4. The predicted molar refractivity (Wildman–Crippen MR) is 111 cm³/mol. The standard InChI is InChI=1S/C20H15FN6OS/c1-27-8-11(7-25-27)12-5-16-13(6-17(12)28-2)20(23-9-22-16)26-14-3-4-15-19(18(14)21)29-10-24-15/h3-10H,1-2H3,(H,22,23,26). The number of hydrogen-bond donors (Lipinski definition) is 1. The van der Waals surface area contributed by atoms with Crippen molar-refractivity contribution in [1.82, 2.24) is 24.7 Å². The molecule has 5 aromatic rings. The molecule has 9 heteroatoms. The van der Waals surface area contributed by atoms with E-state index in [-0.39, 0.29) is 5.82 Å². The van der Waals surface area contributed by atoms with Crippen LogP contribution in [-0.2, 0) is 7.05 Å². The Kier molecular flexibility index (Phi) is 4.09. The Labute approximate surface area is 168 Å². The van der Waals surface area contributed by atoms with Crippen molar-refractivity contribution in [3.8, 4) is 16.9 Å². The highest BCUT2D eigenvalue weighted by Crippen LogP contribution is 2.36. The maximum Gasteiger partial charge on any atom is 0.166 e. The van der Waals surface area contributed by atoms with Crippen LogP contribution in [0.5, 0.6) is 5.75 Å². The molecule has 29 heavy (non-hydrogen) atoms. The van der Waals surface area contributed by atoms with Crippen molar-refractivity contribution in [3.05, 3.63) is 54.3 Å². The highest BCUT2D eigenvalue weighted by atomic mass is 32.1. The van der Waals surface area contributed by atoms with Gasteiger partial charge in [0.1, 0.15) is 17.9 Å². The minimum Gasteiger partial charge on any atom is -0.496 e. The summed E-state index contributed by atoms with van der Waals surface area (Å²) in [6.45, 7) is 0. The monoisotopic (exact) mass is 406 g/mol. The first-order valence-electron chi connectivity index (χ1n) is 8.74.